The molecular weight excluding hydrogens is 518 g/mol. The molecule has 1 saturated carbocycles. The lowest BCUT2D eigenvalue weighted by Gasteiger charge is -2.37. The predicted molar refractivity (Wildman–Crippen MR) is 159 cm³/mol. The molecule has 0 radical (unpaired) electrons. The zero-order chi connectivity index (χ0) is 27.9. The van der Waals surface area contributed by atoms with Gasteiger partial charge in [-0.3, -0.25) is 0 Å². The minimum absolute atomic E-state index is 0.458. The minimum Gasteiger partial charge on any atom is -0.494 e. The summed E-state index contributed by atoms with van der Waals surface area (Å²) in [5, 5.41) is 7.94. The van der Waals surface area contributed by atoms with Gasteiger partial charge in [-0.25, -0.2) is 4.79 Å². The highest BCUT2D eigenvalue weighted by molar-refractivity contribution is 5.90. The summed E-state index contributed by atoms with van der Waals surface area (Å²) < 4.78 is 11.9. The maximum absolute atomic E-state index is 12.7. The third-order valence-corrected chi connectivity index (χ3v) is 7.90. The van der Waals surface area contributed by atoms with Crippen molar-refractivity contribution in [3.63, 3.8) is 0 Å². The lowest BCUT2D eigenvalue weighted by molar-refractivity contribution is 0.0226. The van der Waals surface area contributed by atoms with Gasteiger partial charge in [0.05, 0.1) is 24.9 Å². The fraction of sp³-hybridized carbons (Fsp3) is 0.406. The van der Waals surface area contributed by atoms with Gasteiger partial charge in [-0.05, 0) is 78.7 Å². The fourth-order valence-electron chi connectivity index (χ4n) is 5.56. The molecule has 6 rings (SSSR count). The van der Waals surface area contributed by atoms with Crippen LogP contribution in [0.4, 0.5) is 11.4 Å². The van der Waals surface area contributed by atoms with Crippen LogP contribution in [-0.4, -0.2) is 66.6 Å². The number of aromatic nitrogens is 3. The maximum atomic E-state index is 12.7. The number of hydrogen-bond acceptors (Lipinski definition) is 8. The molecule has 9 nitrogen and oxygen atoms in total. The molecule has 1 saturated heterocycles. The van der Waals surface area contributed by atoms with Gasteiger partial charge in [-0.2, -0.15) is 0 Å². The first-order valence-electron chi connectivity index (χ1n) is 14.7. The molecule has 3 aromatic carbocycles. The van der Waals surface area contributed by atoms with Gasteiger partial charge in [0.1, 0.15) is 16.8 Å². The molecule has 9 heteroatoms. The Balaban J connectivity index is 0.937. The molecule has 2 heterocycles. The number of hydrogen-bond donors (Lipinski definition) is 0. The van der Waals surface area contributed by atoms with E-state index >= 15 is 0 Å². The molecule has 1 aliphatic heterocycles. The number of nitrogens with zero attached hydrogens (tertiary/aromatic N) is 5. The molecule has 0 atom stereocenters. The van der Waals surface area contributed by atoms with E-state index in [0.29, 0.717) is 29.3 Å². The standard InChI is InChI=1S/C32H37N5O4/c38-32(41-37-31-10-5-4-9-30(31)33-34-37)25-11-13-26(14-12-25)35-19-21-36(22-20-35)27-15-17-29(18-16-27)40-24-6-23-39-28-7-2-1-3-8-28/h4-5,9-18,28H,1-3,6-8,19-24H2. The van der Waals surface area contributed by atoms with Crippen molar-refractivity contribution < 1.29 is 19.1 Å². The van der Waals surface area contributed by atoms with Crippen molar-refractivity contribution in [2.45, 2.75) is 44.6 Å². The van der Waals surface area contributed by atoms with E-state index < -0.39 is 5.97 Å². The Morgan fingerprint density at radius 2 is 1.44 bits per heavy atom. The Morgan fingerprint density at radius 3 is 2.15 bits per heavy atom. The topological polar surface area (TPSA) is 82.0 Å². The van der Waals surface area contributed by atoms with Gasteiger partial charge in [0, 0.05) is 44.0 Å². The second-order valence-electron chi connectivity index (χ2n) is 10.7. The molecule has 0 amide bonds. The van der Waals surface area contributed by atoms with Crippen molar-refractivity contribution in [2.24, 2.45) is 0 Å². The molecular formula is C32H37N5O4. The summed E-state index contributed by atoms with van der Waals surface area (Å²) in [7, 11) is 0. The normalized spacial score (nSPS) is 16.2. The quantitative estimate of drug-likeness (QED) is 0.196. The number of piperazine rings is 1. The summed E-state index contributed by atoms with van der Waals surface area (Å²) in [5.41, 5.74) is 4.07. The molecule has 0 unspecified atom stereocenters. The van der Waals surface area contributed by atoms with E-state index in [1.54, 1.807) is 12.1 Å². The smallest absolute Gasteiger partial charge is 0.365 e. The first-order valence-corrected chi connectivity index (χ1v) is 14.7. The van der Waals surface area contributed by atoms with Crippen LogP contribution < -0.4 is 19.4 Å². The van der Waals surface area contributed by atoms with Crippen LogP contribution in [0.1, 0.15) is 48.9 Å². The number of anilines is 2. The van der Waals surface area contributed by atoms with Crippen LogP contribution >= 0.6 is 0 Å². The van der Waals surface area contributed by atoms with Gasteiger partial charge in [0.15, 0.2) is 0 Å². The number of carbonyl (C=O) groups excluding carboxylic acids is 1. The van der Waals surface area contributed by atoms with Crippen LogP contribution in [0, 0.1) is 0 Å². The average molecular weight is 556 g/mol. The number of fused-ring (bicyclic) bond motifs is 1. The number of rotatable bonds is 10. The molecule has 4 aromatic rings. The van der Waals surface area contributed by atoms with Crippen LogP contribution in [0.5, 0.6) is 5.75 Å². The largest absolute Gasteiger partial charge is 0.494 e. The fourth-order valence-corrected chi connectivity index (χ4v) is 5.56. The molecule has 0 spiro atoms. The van der Waals surface area contributed by atoms with E-state index in [1.807, 2.05) is 36.4 Å². The molecule has 1 aromatic heterocycles. The highest BCUT2D eigenvalue weighted by atomic mass is 16.7. The Morgan fingerprint density at radius 1 is 0.780 bits per heavy atom. The van der Waals surface area contributed by atoms with Crippen LogP contribution in [0.25, 0.3) is 11.0 Å². The van der Waals surface area contributed by atoms with E-state index in [2.05, 4.69) is 44.4 Å². The highest BCUT2D eigenvalue weighted by Gasteiger charge is 2.19. The Labute approximate surface area is 240 Å². The minimum atomic E-state index is -0.475. The summed E-state index contributed by atoms with van der Waals surface area (Å²) in [4.78, 5) is 24.0. The van der Waals surface area contributed by atoms with Crippen molar-refractivity contribution in [2.75, 3.05) is 49.2 Å². The first-order chi connectivity index (χ1) is 20.2. The molecule has 1 aliphatic carbocycles. The third kappa shape index (κ3) is 6.79. The van der Waals surface area contributed by atoms with E-state index in [9.17, 15) is 4.79 Å². The number of para-hydroxylation sites is 1. The van der Waals surface area contributed by atoms with Gasteiger partial charge in [0.2, 0.25) is 0 Å². The number of benzene rings is 3. The van der Waals surface area contributed by atoms with Gasteiger partial charge in [-0.1, -0.05) is 36.2 Å². The average Bonchev–Trinajstić information content (AvgIpc) is 3.44. The van der Waals surface area contributed by atoms with E-state index in [4.69, 9.17) is 14.3 Å². The predicted octanol–water partition coefficient (Wildman–Crippen LogP) is 5.15. The van der Waals surface area contributed by atoms with E-state index in [1.165, 1.54) is 37.8 Å². The Bertz CT molecular complexity index is 1410. The van der Waals surface area contributed by atoms with Crippen molar-refractivity contribution >= 4 is 28.4 Å². The van der Waals surface area contributed by atoms with Crippen molar-refractivity contribution in [1.82, 2.24) is 15.2 Å². The van der Waals surface area contributed by atoms with Gasteiger partial charge < -0.3 is 24.1 Å². The lowest BCUT2D eigenvalue weighted by atomic mass is 9.98. The summed E-state index contributed by atoms with van der Waals surface area (Å²) in [5.74, 6) is 0.429. The molecule has 2 aliphatic rings. The zero-order valence-corrected chi connectivity index (χ0v) is 23.4. The van der Waals surface area contributed by atoms with Gasteiger partial charge >= 0.3 is 5.97 Å². The SMILES string of the molecule is O=C(On1nnc2ccccc21)c1ccc(N2CCN(c3ccc(OCCCOC4CCCCC4)cc3)CC2)cc1. The second kappa shape index (κ2) is 13.0. The van der Waals surface area contributed by atoms with Crippen molar-refractivity contribution in [3.8, 4) is 5.75 Å². The van der Waals surface area contributed by atoms with Gasteiger partial charge in [0.25, 0.3) is 0 Å². The van der Waals surface area contributed by atoms with E-state index in [0.717, 1.165) is 55.5 Å². The van der Waals surface area contributed by atoms with Crippen LogP contribution in [-0.2, 0) is 4.74 Å². The Kier molecular flexibility index (Phi) is 8.61. The monoisotopic (exact) mass is 555 g/mol. The summed E-state index contributed by atoms with van der Waals surface area (Å²) >= 11 is 0. The number of ether oxygens (including phenoxy) is 2. The second-order valence-corrected chi connectivity index (χ2v) is 10.7. The van der Waals surface area contributed by atoms with E-state index in [-0.39, 0.29) is 0 Å². The maximum Gasteiger partial charge on any atom is 0.365 e. The first kappa shape index (κ1) is 27.1. The molecule has 2 fully saturated rings. The highest BCUT2D eigenvalue weighted by Crippen LogP contribution is 2.24. The summed E-state index contributed by atoms with van der Waals surface area (Å²) in [6.45, 7) is 5.09. The van der Waals surface area contributed by atoms with Crippen LogP contribution in [0.3, 0.4) is 0 Å². The summed E-state index contributed by atoms with van der Waals surface area (Å²) in [6.07, 6.45) is 7.76. The molecule has 214 valence electrons. The number of carbonyl (C=O) groups is 1. The lowest BCUT2D eigenvalue weighted by Crippen LogP contribution is -2.46. The van der Waals surface area contributed by atoms with Gasteiger partial charge in [-0.15, -0.1) is 5.10 Å². The van der Waals surface area contributed by atoms with Crippen molar-refractivity contribution in [3.05, 3.63) is 78.4 Å². The molecule has 41 heavy (non-hydrogen) atoms. The molecule has 0 bridgehead atoms. The third-order valence-electron chi connectivity index (χ3n) is 7.90. The zero-order valence-electron chi connectivity index (χ0n) is 23.4. The van der Waals surface area contributed by atoms with Crippen molar-refractivity contribution in [1.29, 1.82) is 0 Å². The van der Waals surface area contributed by atoms with Crippen LogP contribution in [0.15, 0.2) is 72.8 Å². The van der Waals surface area contributed by atoms with Crippen LogP contribution in [0.2, 0.25) is 0 Å². The molecule has 0 N–H and O–H groups in total. The summed E-state index contributed by atoms with van der Waals surface area (Å²) in [6, 6.07) is 23.3. The Hall–Kier alpha value is -4.11.